The lowest BCUT2D eigenvalue weighted by atomic mass is 9.83. The van der Waals surface area contributed by atoms with Gasteiger partial charge in [0.05, 0.1) is 5.60 Å². The Morgan fingerprint density at radius 1 is 1.25 bits per heavy atom. The molecule has 1 rings (SSSR count). The van der Waals surface area contributed by atoms with Gasteiger partial charge in [0.1, 0.15) is 0 Å². The lowest BCUT2D eigenvalue weighted by molar-refractivity contribution is 0.0558. The zero-order valence-corrected chi connectivity index (χ0v) is 10.9. The van der Waals surface area contributed by atoms with Gasteiger partial charge in [-0.2, -0.15) is 0 Å². The number of allylic oxidation sites excluding steroid dienone is 1. The lowest BCUT2D eigenvalue weighted by Gasteiger charge is -2.27. The molecule has 88 valence electrons. The van der Waals surface area contributed by atoms with Crippen molar-refractivity contribution in [2.24, 2.45) is 0 Å². The van der Waals surface area contributed by atoms with Gasteiger partial charge in [-0.1, -0.05) is 42.8 Å². The Bertz CT molecular complexity index is 379. The molecule has 0 spiro atoms. The van der Waals surface area contributed by atoms with Crippen LogP contribution in [0.3, 0.4) is 0 Å². The van der Waals surface area contributed by atoms with E-state index in [-0.39, 0.29) is 5.92 Å². The van der Waals surface area contributed by atoms with Crippen LogP contribution in [0.15, 0.2) is 29.8 Å². The van der Waals surface area contributed by atoms with Crippen LogP contribution in [0.1, 0.15) is 51.7 Å². The maximum absolute atomic E-state index is 10.1. The minimum atomic E-state index is -0.689. The molecule has 0 aliphatic heterocycles. The minimum absolute atomic E-state index is 0.124. The van der Waals surface area contributed by atoms with Crippen LogP contribution >= 0.6 is 0 Å². The molecule has 16 heavy (non-hydrogen) atoms. The van der Waals surface area contributed by atoms with Crippen molar-refractivity contribution in [2.45, 2.75) is 46.1 Å². The number of benzene rings is 1. The van der Waals surface area contributed by atoms with Crippen LogP contribution in [0.4, 0.5) is 0 Å². The van der Waals surface area contributed by atoms with Crippen LogP contribution in [0.5, 0.6) is 0 Å². The molecule has 1 unspecified atom stereocenters. The Balaban J connectivity index is 3.19. The summed E-state index contributed by atoms with van der Waals surface area (Å²) in [5.74, 6) is 0.124. The van der Waals surface area contributed by atoms with Gasteiger partial charge in [0, 0.05) is 5.92 Å². The van der Waals surface area contributed by atoms with Crippen molar-refractivity contribution in [3.63, 3.8) is 0 Å². The second-order valence-electron chi connectivity index (χ2n) is 5.23. The summed E-state index contributed by atoms with van der Waals surface area (Å²) in [7, 11) is 0. The molecule has 1 atom stereocenters. The monoisotopic (exact) mass is 218 g/mol. The van der Waals surface area contributed by atoms with Crippen molar-refractivity contribution in [1.29, 1.82) is 0 Å². The molecule has 0 aliphatic carbocycles. The lowest BCUT2D eigenvalue weighted by Crippen LogP contribution is -2.27. The molecule has 0 saturated carbocycles. The third kappa shape index (κ3) is 3.21. The Labute approximate surface area is 98.8 Å². The summed E-state index contributed by atoms with van der Waals surface area (Å²) in [5.41, 5.74) is 3.00. The molecule has 0 fully saturated rings. The van der Waals surface area contributed by atoms with E-state index in [0.717, 1.165) is 0 Å². The van der Waals surface area contributed by atoms with Gasteiger partial charge in [-0.05, 0) is 38.8 Å². The SMILES string of the molecule is CC(C)=Cc1ccccc1C(C)C(C)(C)O. The van der Waals surface area contributed by atoms with Crippen LogP contribution in [-0.2, 0) is 0 Å². The smallest absolute Gasteiger partial charge is 0.0657 e. The second-order valence-corrected chi connectivity index (χ2v) is 5.23. The fraction of sp³-hybridized carbons (Fsp3) is 0.467. The van der Waals surface area contributed by atoms with E-state index in [2.05, 4.69) is 39.0 Å². The van der Waals surface area contributed by atoms with Gasteiger partial charge >= 0.3 is 0 Å². The van der Waals surface area contributed by atoms with E-state index in [9.17, 15) is 5.11 Å². The van der Waals surface area contributed by atoms with E-state index < -0.39 is 5.60 Å². The first kappa shape index (κ1) is 13.0. The topological polar surface area (TPSA) is 20.2 Å². The highest BCUT2D eigenvalue weighted by Crippen LogP contribution is 2.30. The molecular weight excluding hydrogens is 196 g/mol. The highest BCUT2D eigenvalue weighted by molar-refractivity contribution is 5.57. The van der Waals surface area contributed by atoms with Crippen molar-refractivity contribution in [1.82, 2.24) is 0 Å². The zero-order valence-electron chi connectivity index (χ0n) is 10.9. The van der Waals surface area contributed by atoms with Crippen molar-refractivity contribution in [3.8, 4) is 0 Å². The van der Waals surface area contributed by atoms with Crippen LogP contribution in [0.25, 0.3) is 6.08 Å². The van der Waals surface area contributed by atoms with Crippen molar-refractivity contribution in [3.05, 3.63) is 41.0 Å². The summed E-state index contributed by atoms with van der Waals surface area (Å²) in [6, 6.07) is 8.26. The summed E-state index contributed by atoms with van der Waals surface area (Å²) in [5, 5.41) is 10.1. The highest BCUT2D eigenvalue weighted by atomic mass is 16.3. The average molecular weight is 218 g/mol. The number of hydrogen-bond donors (Lipinski definition) is 1. The Kier molecular flexibility index (Phi) is 3.93. The first-order valence-electron chi connectivity index (χ1n) is 5.78. The second kappa shape index (κ2) is 4.84. The summed E-state index contributed by atoms with van der Waals surface area (Å²) < 4.78 is 0. The Hall–Kier alpha value is -1.08. The van der Waals surface area contributed by atoms with Crippen LogP contribution in [0, 0.1) is 0 Å². The molecule has 1 nitrogen and oxygen atoms in total. The Morgan fingerprint density at radius 2 is 1.81 bits per heavy atom. The van der Waals surface area contributed by atoms with Gasteiger partial charge in [0.15, 0.2) is 0 Å². The van der Waals surface area contributed by atoms with Gasteiger partial charge in [-0.25, -0.2) is 0 Å². The molecule has 0 bridgehead atoms. The largest absolute Gasteiger partial charge is 0.390 e. The molecule has 0 radical (unpaired) electrons. The van der Waals surface area contributed by atoms with Crippen molar-refractivity contribution in [2.75, 3.05) is 0 Å². The molecule has 0 heterocycles. The van der Waals surface area contributed by atoms with Crippen molar-refractivity contribution >= 4 is 6.08 Å². The normalized spacial score (nSPS) is 13.4. The van der Waals surface area contributed by atoms with E-state index in [1.165, 1.54) is 16.7 Å². The van der Waals surface area contributed by atoms with Crippen LogP contribution in [-0.4, -0.2) is 10.7 Å². The van der Waals surface area contributed by atoms with E-state index >= 15 is 0 Å². The van der Waals surface area contributed by atoms with Gasteiger partial charge in [-0.3, -0.25) is 0 Å². The molecule has 0 aromatic heterocycles. The molecule has 1 aromatic carbocycles. The standard InChI is InChI=1S/C15H22O/c1-11(2)10-13-8-6-7-9-14(13)12(3)15(4,5)16/h6-10,12,16H,1-5H3. The molecule has 0 saturated heterocycles. The van der Waals surface area contributed by atoms with Crippen LogP contribution in [0.2, 0.25) is 0 Å². The molecule has 1 aromatic rings. The number of hydrogen-bond acceptors (Lipinski definition) is 1. The quantitative estimate of drug-likeness (QED) is 0.813. The predicted molar refractivity (Wildman–Crippen MR) is 70.5 cm³/mol. The minimum Gasteiger partial charge on any atom is -0.390 e. The Morgan fingerprint density at radius 3 is 2.31 bits per heavy atom. The van der Waals surface area contributed by atoms with E-state index in [1.807, 2.05) is 26.0 Å². The van der Waals surface area contributed by atoms with Crippen molar-refractivity contribution < 1.29 is 5.11 Å². The average Bonchev–Trinajstić information content (AvgIpc) is 2.15. The third-order valence-corrected chi connectivity index (χ3v) is 2.97. The predicted octanol–water partition coefficient (Wildman–Crippen LogP) is 3.98. The zero-order chi connectivity index (χ0) is 12.3. The third-order valence-electron chi connectivity index (χ3n) is 2.97. The fourth-order valence-corrected chi connectivity index (χ4v) is 1.73. The molecular formula is C15H22O. The van der Waals surface area contributed by atoms with E-state index in [1.54, 1.807) is 0 Å². The number of aliphatic hydroxyl groups is 1. The van der Waals surface area contributed by atoms with Gasteiger partial charge in [0.2, 0.25) is 0 Å². The summed E-state index contributed by atoms with van der Waals surface area (Å²) in [6.07, 6.45) is 2.16. The van der Waals surface area contributed by atoms with Gasteiger partial charge < -0.3 is 5.11 Å². The summed E-state index contributed by atoms with van der Waals surface area (Å²) in [6.45, 7) is 9.96. The molecule has 1 N–H and O–H groups in total. The first-order valence-corrected chi connectivity index (χ1v) is 5.78. The highest BCUT2D eigenvalue weighted by Gasteiger charge is 2.24. The van der Waals surface area contributed by atoms with Gasteiger partial charge in [0.25, 0.3) is 0 Å². The number of rotatable bonds is 3. The molecule has 0 aliphatic rings. The van der Waals surface area contributed by atoms with Crippen LogP contribution < -0.4 is 0 Å². The van der Waals surface area contributed by atoms with E-state index in [4.69, 9.17) is 0 Å². The van der Waals surface area contributed by atoms with Gasteiger partial charge in [-0.15, -0.1) is 0 Å². The summed E-state index contributed by atoms with van der Waals surface area (Å²) in [4.78, 5) is 0. The summed E-state index contributed by atoms with van der Waals surface area (Å²) >= 11 is 0. The maximum atomic E-state index is 10.1. The maximum Gasteiger partial charge on any atom is 0.0657 e. The first-order chi connectivity index (χ1) is 7.32. The fourth-order valence-electron chi connectivity index (χ4n) is 1.73. The molecule has 1 heteroatoms. The van der Waals surface area contributed by atoms with E-state index in [0.29, 0.717) is 0 Å². The molecule has 0 amide bonds.